The molecule has 0 aliphatic carbocycles. The highest BCUT2D eigenvalue weighted by Gasteiger charge is 2.10. The summed E-state index contributed by atoms with van der Waals surface area (Å²) in [5.41, 5.74) is 1.02. The van der Waals surface area contributed by atoms with Crippen LogP contribution in [0.2, 0.25) is 5.02 Å². The zero-order valence-corrected chi connectivity index (χ0v) is 11.1. The summed E-state index contributed by atoms with van der Waals surface area (Å²) in [6, 6.07) is 5.67. The predicted octanol–water partition coefficient (Wildman–Crippen LogP) is 2.60. The van der Waals surface area contributed by atoms with Crippen molar-refractivity contribution in [2.75, 3.05) is 13.2 Å². The molecule has 0 heterocycles. The SMILES string of the molecule is CCNCc1cccc(Cl)c1OCC(O)CC. The van der Waals surface area contributed by atoms with Crippen LogP contribution in [0.4, 0.5) is 0 Å². The Hall–Kier alpha value is -0.770. The van der Waals surface area contributed by atoms with Crippen LogP contribution in [0.1, 0.15) is 25.8 Å². The molecule has 1 unspecified atom stereocenters. The van der Waals surface area contributed by atoms with E-state index in [1.54, 1.807) is 6.07 Å². The van der Waals surface area contributed by atoms with E-state index in [1.807, 2.05) is 26.0 Å². The molecule has 3 nitrogen and oxygen atoms in total. The number of ether oxygens (including phenoxy) is 1. The van der Waals surface area contributed by atoms with Crippen molar-refractivity contribution in [3.63, 3.8) is 0 Å². The summed E-state index contributed by atoms with van der Waals surface area (Å²) < 4.78 is 5.60. The second-order valence-corrected chi connectivity index (χ2v) is 4.29. The fourth-order valence-electron chi connectivity index (χ4n) is 1.41. The van der Waals surface area contributed by atoms with Crippen LogP contribution in [0.5, 0.6) is 5.75 Å². The van der Waals surface area contributed by atoms with Gasteiger partial charge in [-0.15, -0.1) is 0 Å². The molecule has 0 aliphatic rings. The van der Waals surface area contributed by atoms with E-state index in [2.05, 4.69) is 5.32 Å². The first kappa shape index (κ1) is 14.3. The van der Waals surface area contributed by atoms with Crippen LogP contribution >= 0.6 is 11.6 Å². The molecule has 1 aromatic rings. The first-order valence-corrected chi connectivity index (χ1v) is 6.35. The highest BCUT2D eigenvalue weighted by atomic mass is 35.5. The fraction of sp³-hybridized carbons (Fsp3) is 0.538. The Balaban J connectivity index is 2.72. The fourth-order valence-corrected chi connectivity index (χ4v) is 1.66. The van der Waals surface area contributed by atoms with E-state index in [9.17, 15) is 5.11 Å². The van der Waals surface area contributed by atoms with Crippen molar-refractivity contribution in [3.05, 3.63) is 28.8 Å². The van der Waals surface area contributed by atoms with Crippen LogP contribution in [0.3, 0.4) is 0 Å². The van der Waals surface area contributed by atoms with Gasteiger partial charge in [-0.3, -0.25) is 0 Å². The molecule has 0 saturated heterocycles. The number of hydrogen-bond acceptors (Lipinski definition) is 3. The van der Waals surface area contributed by atoms with Crippen molar-refractivity contribution < 1.29 is 9.84 Å². The Bertz CT molecular complexity index is 344. The summed E-state index contributed by atoms with van der Waals surface area (Å²) in [4.78, 5) is 0. The number of hydrogen-bond donors (Lipinski definition) is 2. The Morgan fingerprint density at radius 1 is 1.41 bits per heavy atom. The number of aliphatic hydroxyl groups excluding tert-OH is 1. The summed E-state index contributed by atoms with van der Waals surface area (Å²) in [5.74, 6) is 0.669. The van der Waals surface area contributed by atoms with E-state index < -0.39 is 6.10 Å². The van der Waals surface area contributed by atoms with Gasteiger partial charge in [0.2, 0.25) is 0 Å². The smallest absolute Gasteiger partial charge is 0.142 e. The van der Waals surface area contributed by atoms with Crippen molar-refractivity contribution in [1.82, 2.24) is 5.32 Å². The molecule has 0 radical (unpaired) electrons. The summed E-state index contributed by atoms with van der Waals surface area (Å²) in [7, 11) is 0. The van der Waals surface area contributed by atoms with Crippen molar-refractivity contribution in [2.24, 2.45) is 0 Å². The number of rotatable bonds is 7. The zero-order valence-electron chi connectivity index (χ0n) is 10.4. The Morgan fingerprint density at radius 2 is 2.18 bits per heavy atom. The van der Waals surface area contributed by atoms with Gasteiger partial charge in [-0.2, -0.15) is 0 Å². The maximum absolute atomic E-state index is 9.49. The zero-order chi connectivity index (χ0) is 12.7. The lowest BCUT2D eigenvalue weighted by Crippen LogP contribution is -2.18. The quantitative estimate of drug-likeness (QED) is 0.789. The molecule has 0 bridgehead atoms. The molecule has 2 N–H and O–H groups in total. The van der Waals surface area contributed by atoms with Crippen molar-refractivity contribution >= 4 is 11.6 Å². The molecule has 0 aliphatic heterocycles. The molecular formula is C13H20ClNO2. The average molecular weight is 258 g/mol. The molecule has 0 amide bonds. The summed E-state index contributed by atoms with van der Waals surface area (Å²) >= 11 is 6.10. The highest BCUT2D eigenvalue weighted by molar-refractivity contribution is 6.32. The molecule has 1 aromatic carbocycles. The number of aliphatic hydroxyl groups is 1. The van der Waals surface area contributed by atoms with Gasteiger partial charge in [0.15, 0.2) is 0 Å². The van der Waals surface area contributed by atoms with Gasteiger partial charge >= 0.3 is 0 Å². The van der Waals surface area contributed by atoms with Gasteiger partial charge in [0, 0.05) is 12.1 Å². The number of halogens is 1. The first-order valence-electron chi connectivity index (χ1n) is 5.98. The lowest BCUT2D eigenvalue weighted by Gasteiger charge is -2.15. The Labute approximate surface area is 108 Å². The summed E-state index contributed by atoms with van der Waals surface area (Å²) in [6.07, 6.45) is 0.228. The monoisotopic (exact) mass is 257 g/mol. The van der Waals surface area contributed by atoms with Gasteiger partial charge in [0.1, 0.15) is 12.4 Å². The van der Waals surface area contributed by atoms with E-state index in [1.165, 1.54) is 0 Å². The van der Waals surface area contributed by atoms with Crippen LogP contribution in [0, 0.1) is 0 Å². The maximum Gasteiger partial charge on any atom is 0.142 e. The molecule has 96 valence electrons. The minimum atomic E-state index is -0.446. The van der Waals surface area contributed by atoms with Crippen LogP contribution in [-0.4, -0.2) is 24.4 Å². The highest BCUT2D eigenvalue weighted by Crippen LogP contribution is 2.28. The second-order valence-electron chi connectivity index (χ2n) is 3.88. The lowest BCUT2D eigenvalue weighted by atomic mass is 10.2. The number of para-hydroxylation sites is 1. The lowest BCUT2D eigenvalue weighted by molar-refractivity contribution is 0.104. The first-order chi connectivity index (χ1) is 8.19. The molecule has 0 spiro atoms. The van der Waals surface area contributed by atoms with Crippen LogP contribution < -0.4 is 10.1 Å². The van der Waals surface area contributed by atoms with E-state index in [0.717, 1.165) is 12.1 Å². The molecule has 0 aromatic heterocycles. The van der Waals surface area contributed by atoms with Crippen molar-refractivity contribution in [1.29, 1.82) is 0 Å². The van der Waals surface area contributed by atoms with Gasteiger partial charge < -0.3 is 15.2 Å². The molecule has 4 heteroatoms. The van der Waals surface area contributed by atoms with E-state index in [-0.39, 0.29) is 6.61 Å². The predicted molar refractivity (Wildman–Crippen MR) is 70.6 cm³/mol. The van der Waals surface area contributed by atoms with Gasteiger partial charge in [-0.25, -0.2) is 0 Å². The molecule has 1 rings (SSSR count). The molecular weight excluding hydrogens is 238 g/mol. The van der Waals surface area contributed by atoms with E-state index in [0.29, 0.717) is 23.7 Å². The van der Waals surface area contributed by atoms with Crippen LogP contribution in [-0.2, 0) is 6.54 Å². The van der Waals surface area contributed by atoms with Gasteiger partial charge in [0.25, 0.3) is 0 Å². The average Bonchev–Trinajstić information content (AvgIpc) is 2.34. The Morgan fingerprint density at radius 3 is 2.82 bits per heavy atom. The molecule has 17 heavy (non-hydrogen) atoms. The third-order valence-electron chi connectivity index (χ3n) is 2.51. The topological polar surface area (TPSA) is 41.5 Å². The minimum absolute atomic E-state index is 0.277. The summed E-state index contributed by atoms with van der Waals surface area (Å²) in [6.45, 7) is 5.85. The normalized spacial score (nSPS) is 12.5. The molecule has 1 atom stereocenters. The molecule has 0 fully saturated rings. The van der Waals surface area contributed by atoms with E-state index in [4.69, 9.17) is 16.3 Å². The number of nitrogens with one attached hydrogen (secondary N) is 1. The minimum Gasteiger partial charge on any atom is -0.489 e. The van der Waals surface area contributed by atoms with Gasteiger partial charge in [-0.05, 0) is 19.0 Å². The van der Waals surface area contributed by atoms with Crippen molar-refractivity contribution in [3.8, 4) is 5.75 Å². The van der Waals surface area contributed by atoms with Crippen LogP contribution in [0.15, 0.2) is 18.2 Å². The van der Waals surface area contributed by atoms with E-state index >= 15 is 0 Å². The third kappa shape index (κ3) is 4.54. The number of benzene rings is 1. The summed E-state index contributed by atoms with van der Waals surface area (Å²) in [5, 5.41) is 13.3. The van der Waals surface area contributed by atoms with Crippen LogP contribution in [0.25, 0.3) is 0 Å². The second kappa shape index (κ2) is 7.54. The van der Waals surface area contributed by atoms with Gasteiger partial charge in [-0.1, -0.05) is 37.6 Å². The van der Waals surface area contributed by atoms with Crippen molar-refractivity contribution in [2.45, 2.75) is 32.9 Å². The third-order valence-corrected chi connectivity index (χ3v) is 2.80. The maximum atomic E-state index is 9.49. The standard InChI is InChI=1S/C13H20ClNO2/c1-3-11(16)9-17-13-10(8-15-4-2)6-5-7-12(13)14/h5-7,11,15-16H,3-4,8-9H2,1-2H3. The Kier molecular flexibility index (Phi) is 6.34. The largest absolute Gasteiger partial charge is 0.489 e. The molecule has 0 saturated carbocycles. The van der Waals surface area contributed by atoms with Gasteiger partial charge in [0.05, 0.1) is 11.1 Å².